The number of hydrogen-bond donors (Lipinski definition) is 2. The van der Waals surface area contributed by atoms with Crippen molar-refractivity contribution < 1.29 is 9.72 Å². The van der Waals surface area contributed by atoms with Crippen molar-refractivity contribution in [1.29, 1.82) is 5.53 Å². The maximum Gasteiger partial charge on any atom is 0.276 e. The van der Waals surface area contributed by atoms with Crippen molar-refractivity contribution in [2.45, 2.75) is 0 Å². The quantitative estimate of drug-likeness (QED) is 0.348. The van der Waals surface area contributed by atoms with Crippen LogP contribution in [0.15, 0.2) is 35.6 Å². The number of benzene rings is 1. The minimum atomic E-state index is -0.617. The lowest BCUT2D eigenvalue weighted by Gasteiger charge is -1.95. The van der Waals surface area contributed by atoms with Crippen LogP contribution in [0.2, 0.25) is 0 Å². The van der Waals surface area contributed by atoms with Gasteiger partial charge in [-0.15, -0.1) is 0 Å². The van der Waals surface area contributed by atoms with Crippen molar-refractivity contribution in [3.63, 3.8) is 0 Å². The summed E-state index contributed by atoms with van der Waals surface area (Å²) in [5, 5.41) is 13.3. The summed E-state index contributed by atoms with van der Waals surface area (Å²) in [5.74, 6) is -0.617. The third-order valence-corrected chi connectivity index (χ3v) is 1.71. The maximum absolute atomic E-state index is 10.9. The molecule has 2 N–H and O–H groups in total. The Labute approximate surface area is 90.4 Å². The number of para-hydroxylation sites is 1. The van der Waals surface area contributed by atoms with Gasteiger partial charge >= 0.3 is 0 Å². The van der Waals surface area contributed by atoms with Crippen LogP contribution in [0.5, 0.6) is 0 Å². The van der Waals surface area contributed by atoms with Crippen LogP contribution in [0.25, 0.3) is 6.08 Å². The molecule has 1 amide bonds. The third-order valence-electron chi connectivity index (χ3n) is 1.71. The van der Waals surface area contributed by atoms with Gasteiger partial charge in [-0.1, -0.05) is 17.4 Å². The summed E-state index contributed by atoms with van der Waals surface area (Å²) in [6.07, 6.45) is 2.36. The van der Waals surface area contributed by atoms with Gasteiger partial charge in [-0.3, -0.25) is 14.9 Å². The van der Waals surface area contributed by atoms with Gasteiger partial charge in [-0.05, 0) is 12.1 Å². The Hall–Kier alpha value is -2.57. The van der Waals surface area contributed by atoms with E-state index < -0.39 is 10.8 Å². The second-order valence-electron chi connectivity index (χ2n) is 2.74. The minimum absolute atomic E-state index is 0.0886. The van der Waals surface area contributed by atoms with E-state index in [0.717, 1.165) is 6.08 Å². The molecule has 1 aromatic carbocycles. The number of nitro benzene ring substituents is 1. The first-order valence-corrected chi connectivity index (χ1v) is 4.23. The number of nitrogens with one attached hydrogen (secondary N) is 2. The molecule has 0 aliphatic carbocycles. The van der Waals surface area contributed by atoms with E-state index in [0.29, 0.717) is 5.56 Å². The molecular weight excluding hydrogens is 212 g/mol. The molecule has 0 spiro atoms. The zero-order chi connectivity index (χ0) is 12.0. The van der Waals surface area contributed by atoms with E-state index in [1.54, 1.807) is 6.07 Å². The molecule has 0 unspecified atom stereocenters. The summed E-state index contributed by atoms with van der Waals surface area (Å²) in [6, 6.07) is 6.01. The van der Waals surface area contributed by atoms with Gasteiger partial charge in [0.05, 0.1) is 10.5 Å². The lowest BCUT2D eigenvalue weighted by molar-refractivity contribution is -0.385. The van der Waals surface area contributed by atoms with Crippen LogP contribution in [0.3, 0.4) is 0 Å². The first kappa shape index (κ1) is 11.5. The van der Waals surface area contributed by atoms with Crippen LogP contribution in [-0.4, -0.2) is 10.8 Å². The molecule has 7 nitrogen and oxygen atoms in total. The lowest BCUT2D eigenvalue weighted by Crippen LogP contribution is -2.12. The molecule has 0 fully saturated rings. The van der Waals surface area contributed by atoms with Gasteiger partial charge in [0.2, 0.25) is 0 Å². The highest BCUT2D eigenvalue weighted by molar-refractivity contribution is 5.91. The molecule has 0 bridgehead atoms. The molecule has 0 aromatic heterocycles. The Balaban J connectivity index is 2.92. The van der Waals surface area contributed by atoms with Crippen LogP contribution in [0.4, 0.5) is 5.69 Å². The second kappa shape index (κ2) is 5.35. The molecule has 0 atom stereocenters. The van der Waals surface area contributed by atoms with Crippen molar-refractivity contribution >= 4 is 17.7 Å². The largest absolute Gasteiger partial charge is 0.276 e. The Kier molecular flexibility index (Phi) is 3.84. The number of carbonyl (C=O) groups is 1. The van der Waals surface area contributed by atoms with Crippen LogP contribution >= 0.6 is 0 Å². The Morgan fingerprint density at radius 3 is 2.81 bits per heavy atom. The van der Waals surface area contributed by atoms with Crippen LogP contribution in [-0.2, 0) is 4.79 Å². The van der Waals surface area contributed by atoms with Crippen molar-refractivity contribution in [2.24, 2.45) is 5.22 Å². The predicted molar refractivity (Wildman–Crippen MR) is 55.4 cm³/mol. The topological polar surface area (TPSA) is 108 Å². The fraction of sp³-hybridized carbons (Fsp3) is 0. The zero-order valence-electron chi connectivity index (χ0n) is 8.08. The maximum atomic E-state index is 10.9. The Morgan fingerprint density at radius 1 is 1.50 bits per heavy atom. The van der Waals surface area contributed by atoms with Gasteiger partial charge in [0, 0.05) is 12.1 Å². The summed E-state index contributed by atoms with van der Waals surface area (Å²) < 4.78 is 0. The number of hydrogen-bond acceptors (Lipinski definition) is 5. The number of nitrogens with zero attached hydrogens (tertiary/aromatic N) is 2. The molecule has 0 radical (unpaired) electrons. The van der Waals surface area contributed by atoms with Gasteiger partial charge in [-0.25, -0.2) is 5.43 Å². The standard InChI is InChI=1S/C9H8N4O3/c10-12-11-9(14)6-5-7-3-1-2-4-8(7)13(15)16/h1-6H,(H2,10,11,14)/b6-5+. The minimum Gasteiger partial charge on any atom is -0.268 e. The van der Waals surface area contributed by atoms with Gasteiger partial charge < -0.3 is 0 Å². The SMILES string of the molecule is N=NNC(=O)/C=C/c1ccccc1[N+](=O)[O-]. The van der Waals surface area contributed by atoms with Crippen LogP contribution in [0, 0.1) is 15.6 Å². The number of amides is 1. The molecule has 0 saturated carbocycles. The summed E-state index contributed by atoms with van der Waals surface area (Å²) in [7, 11) is 0. The van der Waals surface area contributed by atoms with Crippen molar-refractivity contribution in [2.75, 3.05) is 0 Å². The van der Waals surface area contributed by atoms with Gasteiger partial charge in [0.1, 0.15) is 0 Å². The normalized spacial score (nSPS) is 10.0. The average molecular weight is 220 g/mol. The van der Waals surface area contributed by atoms with Gasteiger partial charge in [0.25, 0.3) is 11.6 Å². The summed E-state index contributed by atoms with van der Waals surface area (Å²) in [5.41, 5.74) is 8.46. The smallest absolute Gasteiger partial charge is 0.268 e. The first-order chi connectivity index (χ1) is 7.65. The lowest BCUT2D eigenvalue weighted by atomic mass is 10.1. The van der Waals surface area contributed by atoms with Crippen molar-refractivity contribution in [1.82, 2.24) is 5.43 Å². The fourth-order valence-electron chi connectivity index (χ4n) is 1.05. The monoisotopic (exact) mass is 220 g/mol. The van der Waals surface area contributed by atoms with E-state index in [4.69, 9.17) is 5.53 Å². The second-order valence-corrected chi connectivity index (χ2v) is 2.74. The number of nitro groups is 1. The van der Waals surface area contributed by atoms with Crippen LogP contribution < -0.4 is 5.43 Å². The Bertz CT molecular complexity index is 456. The molecule has 1 aromatic rings. The number of rotatable bonds is 4. The first-order valence-electron chi connectivity index (χ1n) is 4.23. The van der Waals surface area contributed by atoms with E-state index in [9.17, 15) is 14.9 Å². The molecular formula is C9H8N4O3. The highest BCUT2D eigenvalue weighted by Crippen LogP contribution is 2.18. The predicted octanol–water partition coefficient (Wildman–Crippen LogP) is 1.67. The van der Waals surface area contributed by atoms with E-state index in [-0.39, 0.29) is 5.69 Å². The summed E-state index contributed by atoms with van der Waals surface area (Å²) in [4.78, 5) is 21.0. The average Bonchev–Trinajstić information content (AvgIpc) is 2.27. The molecule has 0 aliphatic rings. The summed E-state index contributed by atoms with van der Waals surface area (Å²) >= 11 is 0. The van der Waals surface area contributed by atoms with E-state index in [1.807, 2.05) is 5.43 Å². The van der Waals surface area contributed by atoms with E-state index in [2.05, 4.69) is 5.22 Å². The van der Waals surface area contributed by atoms with Crippen LogP contribution in [0.1, 0.15) is 5.56 Å². The molecule has 82 valence electrons. The molecule has 1 rings (SSSR count). The zero-order valence-corrected chi connectivity index (χ0v) is 8.08. The highest BCUT2D eigenvalue weighted by Gasteiger charge is 2.09. The number of carbonyl (C=O) groups excluding carboxylic acids is 1. The van der Waals surface area contributed by atoms with Gasteiger partial charge in [0.15, 0.2) is 0 Å². The van der Waals surface area contributed by atoms with E-state index in [1.165, 1.54) is 24.3 Å². The van der Waals surface area contributed by atoms with Crippen molar-refractivity contribution in [3.05, 3.63) is 46.0 Å². The molecule has 0 aliphatic heterocycles. The summed E-state index contributed by atoms with van der Waals surface area (Å²) in [6.45, 7) is 0. The molecule has 0 saturated heterocycles. The molecule has 7 heteroatoms. The highest BCUT2D eigenvalue weighted by atomic mass is 16.6. The third kappa shape index (κ3) is 2.98. The van der Waals surface area contributed by atoms with E-state index >= 15 is 0 Å². The van der Waals surface area contributed by atoms with Gasteiger partial charge in [-0.2, -0.15) is 5.53 Å². The molecule has 16 heavy (non-hydrogen) atoms. The van der Waals surface area contributed by atoms with Crippen molar-refractivity contribution in [3.8, 4) is 0 Å². The fourth-order valence-corrected chi connectivity index (χ4v) is 1.05. The Morgan fingerprint density at radius 2 is 2.19 bits per heavy atom. The molecule has 0 heterocycles.